The van der Waals surface area contributed by atoms with Crippen LogP contribution in [0.5, 0.6) is 0 Å². The molecule has 0 aliphatic carbocycles. The van der Waals surface area contributed by atoms with E-state index < -0.39 is 47.2 Å². The van der Waals surface area contributed by atoms with Crippen LogP contribution >= 0.6 is 0 Å². The lowest BCUT2D eigenvalue weighted by Crippen LogP contribution is -2.60. The summed E-state index contributed by atoms with van der Waals surface area (Å²) >= 11 is 0. The number of aromatic nitrogens is 4. The van der Waals surface area contributed by atoms with Gasteiger partial charge < -0.3 is 29.2 Å². The Morgan fingerprint density at radius 3 is 2.02 bits per heavy atom. The molecule has 0 radical (unpaired) electrons. The van der Waals surface area contributed by atoms with Crippen LogP contribution < -0.4 is 9.13 Å². The van der Waals surface area contributed by atoms with Crippen molar-refractivity contribution in [1.29, 1.82) is 0 Å². The first-order valence-corrected chi connectivity index (χ1v) is 15.7. The highest BCUT2D eigenvalue weighted by molar-refractivity contribution is 5.75. The van der Waals surface area contributed by atoms with Crippen molar-refractivity contribution in [2.75, 3.05) is 26.9 Å². The van der Waals surface area contributed by atoms with E-state index in [9.17, 15) is 30.4 Å². The van der Waals surface area contributed by atoms with E-state index in [-0.39, 0.29) is 11.4 Å². The minimum Gasteiger partial charge on any atom is -0.394 e. The molecule has 0 saturated carbocycles. The SMILES string of the molecule is CO[C@H]1O[C@H](CO)[C@@H](O)[C@H](OCCCC[n+]2c(C)[nH]c3ccc([N+](=O)[O-])cc32)[C@H]1OCCCC[n+]1c(C)[nH]c2cc([N+](=O)[O-])ccc21. The summed E-state index contributed by atoms with van der Waals surface area (Å²) in [5.74, 6) is 1.76. The maximum atomic E-state index is 11.3. The first kappa shape index (κ1) is 34.3. The van der Waals surface area contributed by atoms with Gasteiger partial charge in [0, 0.05) is 46.3 Å². The summed E-state index contributed by atoms with van der Waals surface area (Å²) in [4.78, 5) is 28.0. The second kappa shape index (κ2) is 15.2. The molecule has 5 atom stereocenters. The molecule has 0 amide bonds. The quantitative estimate of drug-likeness (QED) is 0.0599. The van der Waals surface area contributed by atoms with Crippen LogP contribution in [0.2, 0.25) is 0 Å². The third kappa shape index (κ3) is 7.58. The van der Waals surface area contributed by atoms with Crippen molar-refractivity contribution in [3.05, 3.63) is 68.3 Å². The number of imidazole rings is 2. The molecule has 0 bridgehead atoms. The number of nitrogens with zero attached hydrogens (tertiary/aromatic N) is 4. The Labute approximate surface area is 270 Å². The number of ether oxygens (including phenoxy) is 4. The Balaban J connectivity index is 1.15. The average Bonchev–Trinajstić information content (AvgIpc) is 3.54. The topological polar surface area (TPSA) is 203 Å². The summed E-state index contributed by atoms with van der Waals surface area (Å²) in [6.07, 6.45) is -1.69. The van der Waals surface area contributed by atoms with Gasteiger partial charge in [0.05, 0.1) is 41.7 Å². The summed E-state index contributed by atoms with van der Waals surface area (Å²) in [6, 6.07) is 9.49. The van der Waals surface area contributed by atoms with Gasteiger partial charge in [-0.15, -0.1) is 0 Å². The number of methoxy groups -OCH3 is 1. The second-order valence-electron chi connectivity index (χ2n) is 11.7. The van der Waals surface area contributed by atoms with Crippen LogP contribution in [-0.2, 0) is 32.0 Å². The number of hydrogen-bond donors (Lipinski definition) is 4. The number of nitro benzene ring substituents is 2. The number of aryl methyl sites for hydroxylation is 4. The number of rotatable bonds is 16. The standard InChI is InChI=1S/C31H40N6O10/c1-19-32-23-10-8-22(37(42)43)17-26(23)35(19)13-5-6-14-45-29-28(39)27(18-38)47-31(44-3)30(29)46-15-7-4-12-34-20(2)33-24-16-21(36(40)41)9-11-25(24)34/h8-11,16-17,27-31,38-39H,4-7,12-15,18H2,1-3H3/p+2/t27-,28-,29+,30-,31+/m1/s1. The molecule has 16 nitrogen and oxygen atoms in total. The van der Waals surface area contributed by atoms with Crippen molar-refractivity contribution >= 4 is 33.4 Å². The summed E-state index contributed by atoms with van der Waals surface area (Å²) in [6.45, 7) is 5.32. The van der Waals surface area contributed by atoms with E-state index in [0.29, 0.717) is 51.1 Å². The molecule has 4 aromatic rings. The zero-order valence-corrected chi connectivity index (χ0v) is 26.7. The van der Waals surface area contributed by atoms with Crippen molar-refractivity contribution in [2.24, 2.45) is 0 Å². The molecule has 47 heavy (non-hydrogen) atoms. The zero-order valence-electron chi connectivity index (χ0n) is 26.7. The minimum absolute atomic E-state index is 0.0272. The molecule has 2 aromatic heterocycles. The van der Waals surface area contributed by atoms with Gasteiger partial charge in [-0.1, -0.05) is 0 Å². The summed E-state index contributed by atoms with van der Waals surface area (Å²) in [7, 11) is 1.47. The van der Waals surface area contributed by atoms with Gasteiger partial charge >= 0.3 is 0 Å². The van der Waals surface area contributed by atoms with E-state index in [1.807, 2.05) is 18.4 Å². The molecule has 2 aromatic carbocycles. The van der Waals surface area contributed by atoms with E-state index in [1.165, 1.54) is 25.3 Å². The number of H-pyrrole nitrogens is 2. The first-order chi connectivity index (χ1) is 22.6. The average molecular weight is 659 g/mol. The summed E-state index contributed by atoms with van der Waals surface area (Å²) in [5, 5.41) is 43.2. The van der Waals surface area contributed by atoms with Crippen LogP contribution in [-0.4, -0.2) is 87.7 Å². The fourth-order valence-electron chi connectivity index (χ4n) is 6.18. The number of non-ortho nitro benzene ring substituents is 2. The zero-order chi connectivity index (χ0) is 33.7. The molecule has 1 aliphatic rings. The van der Waals surface area contributed by atoms with Crippen LogP contribution in [0.3, 0.4) is 0 Å². The van der Waals surface area contributed by atoms with Crippen molar-refractivity contribution in [2.45, 2.75) is 83.3 Å². The summed E-state index contributed by atoms with van der Waals surface area (Å²) in [5.41, 5.74) is 3.20. The Hall–Kier alpha value is -4.06. The van der Waals surface area contributed by atoms with Crippen LogP contribution in [0.25, 0.3) is 22.1 Å². The Bertz CT molecular complexity index is 1710. The molecule has 0 unspecified atom stereocenters. The van der Waals surface area contributed by atoms with Crippen LogP contribution in [0.15, 0.2) is 36.4 Å². The lowest BCUT2D eigenvalue weighted by atomic mass is 9.98. The van der Waals surface area contributed by atoms with Crippen LogP contribution in [0, 0.1) is 34.1 Å². The maximum Gasteiger partial charge on any atom is 0.273 e. The monoisotopic (exact) mass is 658 g/mol. The molecule has 4 N–H and O–H groups in total. The van der Waals surface area contributed by atoms with Gasteiger partial charge in [0.1, 0.15) is 24.4 Å². The predicted octanol–water partition coefficient (Wildman–Crippen LogP) is 2.41. The molecule has 3 heterocycles. The number of aliphatic hydroxyl groups excluding tert-OH is 2. The van der Waals surface area contributed by atoms with E-state index in [4.69, 9.17) is 18.9 Å². The highest BCUT2D eigenvalue weighted by atomic mass is 16.7. The Kier molecular flexibility index (Phi) is 11.1. The van der Waals surface area contributed by atoms with Crippen molar-refractivity contribution in [1.82, 2.24) is 9.97 Å². The van der Waals surface area contributed by atoms with Crippen molar-refractivity contribution in [3.8, 4) is 0 Å². The third-order valence-corrected chi connectivity index (χ3v) is 8.61. The molecular weight excluding hydrogens is 616 g/mol. The third-order valence-electron chi connectivity index (χ3n) is 8.61. The number of hydrogen-bond acceptors (Lipinski definition) is 10. The number of aromatic amines is 2. The molecule has 0 spiro atoms. The first-order valence-electron chi connectivity index (χ1n) is 15.7. The number of benzene rings is 2. The molecule has 16 heteroatoms. The number of nitro groups is 2. The lowest BCUT2D eigenvalue weighted by Gasteiger charge is -2.43. The normalized spacial score (nSPS) is 21.5. The van der Waals surface area contributed by atoms with E-state index in [1.54, 1.807) is 18.2 Å². The molecule has 5 rings (SSSR count). The van der Waals surface area contributed by atoms with Gasteiger partial charge in [-0.3, -0.25) is 20.2 Å². The number of aliphatic hydroxyl groups is 2. The predicted molar refractivity (Wildman–Crippen MR) is 166 cm³/mol. The van der Waals surface area contributed by atoms with Gasteiger partial charge in [0.15, 0.2) is 28.4 Å². The minimum atomic E-state index is -1.14. The van der Waals surface area contributed by atoms with Gasteiger partial charge in [-0.05, 0) is 37.8 Å². The Morgan fingerprint density at radius 2 is 1.40 bits per heavy atom. The molecule has 1 fully saturated rings. The van der Waals surface area contributed by atoms with E-state index in [0.717, 1.165) is 34.6 Å². The fourth-order valence-corrected chi connectivity index (χ4v) is 6.18. The fraction of sp³-hybridized carbons (Fsp3) is 0.548. The number of unbranched alkanes of at least 4 members (excludes halogenated alkanes) is 2. The highest BCUT2D eigenvalue weighted by Crippen LogP contribution is 2.27. The van der Waals surface area contributed by atoms with Crippen LogP contribution in [0.1, 0.15) is 37.3 Å². The number of fused-ring (bicyclic) bond motifs is 2. The lowest BCUT2D eigenvalue weighted by molar-refractivity contribution is -0.678. The second-order valence-corrected chi connectivity index (χ2v) is 11.7. The maximum absolute atomic E-state index is 11.3. The number of nitrogens with one attached hydrogen (secondary N) is 2. The smallest absolute Gasteiger partial charge is 0.273 e. The van der Waals surface area contributed by atoms with Crippen molar-refractivity contribution < 1.29 is 48.1 Å². The van der Waals surface area contributed by atoms with Crippen molar-refractivity contribution in [3.63, 3.8) is 0 Å². The van der Waals surface area contributed by atoms with Crippen LogP contribution in [0.4, 0.5) is 11.4 Å². The summed E-state index contributed by atoms with van der Waals surface area (Å²) < 4.78 is 27.7. The molecule has 254 valence electrons. The largest absolute Gasteiger partial charge is 0.394 e. The van der Waals surface area contributed by atoms with Gasteiger partial charge in [0.25, 0.3) is 23.0 Å². The van der Waals surface area contributed by atoms with E-state index in [2.05, 4.69) is 14.5 Å². The molecular formula is C31H42N6O10+2. The van der Waals surface area contributed by atoms with Gasteiger partial charge in [-0.2, -0.15) is 0 Å². The van der Waals surface area contributed by atoms with E-state index >= 15 is 0 Å². The highest BCUT2D eigenvalue weighted by Gasteiger charge is 2.46. The molecule has 1 saturated heterocycles. The van der Waals surface area contributed by atoms with Gasteiger partial charge in [-0.25, -0.2) is 19.1 Å². The van der Waals surface area contributed by atoms with Gasteiger partial charge in [0.2, 0.25) is 0 Å². The molecule has 1 aliphatic heterocycles. The Morgan fingerprint density at radius 1 is 0.830 bits per heavy atom.